The lowest BCUT2D eigenvalue weighted by Crippen LogP contribution is -2.13. The van der Waals surface area contributed by atoms with Crippen LogP contribution >= 0.6 is 34.5 Å². The quantitative estimate of drug-likeness (QED) is 0.767. The van der Waals surface area contributed by atoms with Crippen LogP contribution in [0.5, 0.6) is 0 Å². The smallest absolute Gasteiger partial charge is 0.0975 e. The van der Waals surface area contributed by atoms with Gasteiger partial charge in [-0.2, -0.15) is 0 Å². The van der Waals surface area contributed by atoms with E-state index in [1.807, 2.05) is 18.2 Å². The monoisotopic (exact) mass is 328 g/mol. The molecule has 0 radical (unpaired) electrons. The topological polar surface area (TPSA) is 24.9 Å². The molecular formula is C15H18Cl2N2S. The summed E-state index contributed by atoms with van der Waals surface area (Å²) in [6, 6.07) is 5.75. The van der Waals surface area contributed by atoms with Crippen LogP contribution < -0.4 is 5.32 Å². The highest BCUT2D eigenvalue weighted by atomic mass is 35.5. The molecule has 1 aromatic heterocycles. The Hall–Kier alpha value is -0.610. The van der Waals surface area contributed by atoms with Gasteiger partial charge in [0.2, 0.25) is 0 Å². The van der Waals surface area contributed by atoms with Crippen molar-refractivity contribution < 1.29 is 0 Å². The Balaban J connectivity index is 2.05. The summed E-state index contributed by atoms with van der Waals surface area (Å²) in [6.45, 7) is 6.18. The Morgan fingerprint density at radius 1 is 1.25 bits per heavy atom. The molecular weight excluding hydrogens is 311 g/mol. The second-order valence-electron chi connectivity index (χ2n) is 4.72. The van der Waals surface area contributed by atoms with Gasteiger partial charge >= 0.3 is 0 Å². The maximum absolute atomic E-state index is 6.04. The van der Waals surface area contributed by atoms with Crippen LogP contribution in [0.3, 0.4) is 0 Å². The standard InChI is InChI=1S/C15H18Cl2N2S/c1-3-6-18-9-14-10(2)19-15(20-14)8-11-4-5-12(16)13(17)7-11/h4-5,7,18H,3,6,8-9H2,1-2H3. The van der Waals surface area contributed by atoms with Crippen LogP contribution in [0.1, 0.15) is 34.5 Å². The summed E-state index contributed by atoms with van der Waals surface area (Å²) in [6.07, 6.45) is 1.95. The lowest BCUT2D eigenvalue weighted by atomic mass is 10.2. The van der Waals surface area contributed by atoms with E-state index >= 15 is 0 Å². The number of halogens is 2. The predicted molar refractivity (Wildman–Crippen MR) is 88.1 cm³/mol. The number of benzene rings is 1. The van der Waals surface area contributed by atoms with E-state index in [2.05, 4.69) is 24.1 Å². The third-order valence-corrected chi connectivity index (χ3v) is 4.89. The van der Waals surface area contributed by atoms with Crippen LogP contribution in [0.4, 0.5) is 0 Å². The highest BCUT2D eigenvalue weighted by Crippen LogP contribution is 2.26. The van der Waals surface area contributed by atoms with E-state index < -0.39 is 0 Å². The molecule has 108 valence electrons. The van der Waals surface area contributed by atoms with E-state index in [1.165, 1.54) is 4.88 Å². The van der Waals surface area contributed by atoms with Gasteiger partial charge in [0.15, 0.2) is 0 Å². The molecule has 2 aromatic rings. The zero-order valence-corrected chi connectivity index (χ0v) is 14.0. The van der Waals surface area contributed by atoms with E-state index in [1.54, 1.807) is 11.3 Å². The van der Waals surface area contributed by atoms with Gasteiger partial charge in [-0.15, -0.1) is 11.3 Å². The molecule has 1 heterocycles. The number of aromatic nitrogens is 1. The molecule has 1 aromatic carbocycles. The normalized spacial score (nSPS) is 11.0. The highest BCUT2D eigenvalue weighted by molar-refractivity contribution is 7.11. The summed E-state index contributed by atoms with van der Waals surface area (Å²) < 4.78 is 0. The summed E-state index contributed by atoms with van der Waals surface area (Å²) in [7, 11) is 0. The molecule has 2 nitrogen and oxygen atoms in total. The second kappa shape index (κ2) is 7.41. The van der Waals surface area contributed by atoms with Crippen molar-refractivity contribution in [2.24, 2.45) is 0 Å². The first-order valence-electron chi connectivity index (χ1n) is 6.70. The summed E-state index contributed by atoms with van der Waals surface area (Å²) >= 11 is 13.7. The lowest BCUT2D eigenvalue weighted by molar-refractivity contribution is 0.678. The fourth-order valence-electron chi connectivity index (χ4n) is 1.93. The zero-order valence-electron chi connectivity index (χ0n) is 11.7. The molecule has 5 heteroatoms. The third-order valence-electron chi connectivity index (χ3n) is 2.99. The van der Waals surface area contributed by atoms with Crippen molar-refractivity contribution in [2.45, 2.75) is 33.2 Å². The molecule has 0 amide bonds. The van der Waals surface area contributed by atoms with Gasteiger partial charge < -0.3 is 5.32 Å². The van der Waals surface area contributed by atoms with Gasteiger partial charge in [0.05, 0.1) is 20.7 Å². The minimum atomic E-state index is 0.593. The Kier molecular flexibility index (Phi) is 5.85. The van der Waals surface area contributed by atoms with E-state index in [0.717, 1.165) is 42.2 Å². The molecule has 0 unspecified atom stereocenters. The van der Waals surface area contributed by atoms with Crippen LogP contribution in [0.2, 0.25) is 10.0 Å². The Morgan fingerprint density at radius 2 is 2.05 bits per heavy atom. The number of nitrogens with one attached hydrogen (secondary N) is 1. The number of nitrogens with zero attached hydrogens (tertiary/aromatic N) is 1. The number of hydrogen-bond acceptors (Lipinski definition) is 3. The van der Waals surface area contributed by atoms with E-state index in [-0.39, 0.29) is 0 Å². The highest BCUT2D eigenvalue weighted by Gasteiger charge is 2.09. The van der Waals surface area contributed by atoms with Crippen LogP contribution in [-0.4, -0.2) is 11.5 Å². The van der Waals surface area contributed by atoms with Crippen LogP contribution in [-0.2, 0) is 13.0 Å². The van der Waals surface area contributed by atoms with Gasteiger partial charge in [0.1, 0.15) is 0 Å². The molecule has 0 fully saturated rings. The van der Waals surface area contributed by atoms with Crippen molar-refractivity contribution in [1.82, 2.24) is 10.3 Å². The molecule has 0 bridgehead atoms. The van der Waals surface area contributed by atoms with Crippen molar-refractivity contribution in [1.29, 1.82) is 0 Å². The first-order chi connectivity index (χ1) is 9.60. The predicted octanol–water partition coefficient (Wildman–Crippen LogP) is 4.85. The first-order valence-corrected chi connectivity index (χ1v) is 8.27. The van der Waals surface area contributed by atoms with Gasteiger partial charge in [-0.25, -0.2) is 4.98 Å². The Labute approximate surface area is 134 Å². The van der Waals surface area contributed by atoms with Gasteiger partial charge in [-0.1, -0.05) is 36.2 Å². The number of aryl methyl sites for hydroxylation is 1. The van der Waals surface area contributed by atoms with E-state index in [9.17, 15) is 0 Å². The minimum Gasteiger partial charge on any atom is -0.312 e. The number of rotatable bonds is 6. The molecule has 1 N–H and O–H groups in total. The van der Waals surface area contributed by atoms with Gasteiger partial charge in [-0.05, 0) is 37.6 Å². The van der Waals surface area contributed by atoms with Gasteiger partial charge in [-0.3, -0.25) is 0 Å². The maximum atomic E-state index is 6.04. The molecule has 0 atom stereocenters. The van der Waals surface area contributed by atoms with Crippen molar-refractivity contribution in [3.05, 3.63) is 49.4 Å². The summed E-state index contributed by atoms with van der Waals surface area (Å²) in [5.74, 6) is 0. The largest absolute Gasteiger partial charge is 0.312 e. The average Bonchev–Trinajstić information content (AvgIpc) is 2.75. The van der Waals surface area contributed by atoms with Crippen LogP contribution in [0.15, 0.2) is 18.2 Å². The summed E-state index contributed by atoms with van der Waals surface area (Å²) in [5, 5.41) is 5.73. The zero-order chi connectivity index (χ0) is 14.5. The van der Waals surface area contributed by atoms with E-state index in [4.69, 9.17) is 23.2 Å². The molecule has 0 aliphatic carbocycles. The average molecular weight is 329 g/mol. The molecule has 2 rings (SSSR count). The van der Waals surface area contributed by atoms with Gasteiger partial charge in [0, 0.05) is 17.8 Å². The Morgan fingerprint density at radius 3 is 2.75 bits per heavy atom. The third kappa shape index (κ3) is 4.19. The molecule has 0 saturated carbocycles. The van der Waals surface area contributed by atoms with Gasteiger partial charge in [0.25, 0.3) is 0 Å². The van der Waals surface area contributed by atoms with Crippen molar-refractivity contribution in [3.63, 3.8) is 0 Å². The fraction of sp³-hybridized carbons (Fsp3) is 0.400. The van der Waals surface area contributed by atoms with E-state index in [0.29, 0.717) is 10.0 Å². The first kappa shape index (κ1) is 15.8. The number of hydrogen-bond donors (Lipinski definition) is 1. The SMILES string of the molecule is CCCNCc1sc(Cc2ccc(Cl)c(Cl)c2)nc1C. The molecule has 0 saturated heterocycles. The van der Waals surface area contributed by atoms with Crippen molar-refractivity contribution >= 4 is 34.5 Å². The minimum absolute atomic E-state index is 0.593. The van der Waals surface area contributed by atoms with Crippen LogP contribution in [0, 0.1) is 6.92 Å². The fourth-order valence-corrected chi connectivity index (χ4v) is 3.32. The molecule has 0 aliphatic heterocycles. The maximum Gasteiger partial charge on any atom is 0.0975 e. The van der Waals surface area contributed by atoms with Crippen LogP contribution in [0.25, 0.3) is 0 Å². The molecule has 20 heavy (non-hydrogen) atoms. The second-order valence-corrected chi connectivity index (χ2v) is 6.70. The summed E-state index contributed by atoms with van der Waals surface area (Å²) in [4.78, 5) is 5.95. The van der Waals surface area contributed by atoms with Crippen molar-refractivity contribution in [2.75, 3.05) is 6.54 Å². The van der Waals surface area contributed by atoms with Crippen molar-refractivity contribution in [3.8, 4) is 0 Å². The molecule has 0 aliphatic rings. The number of thiazole rings is 1. The molecule has 0 spiro atoms. The summed E-state index contributed by atoms with van der Waals surface area (Å²) in [5.41, 5.74) is 2.26. The lowest BCUT2D eigenvalue weighted by Gasteiger charge is -2.01. The Bertz CT molecular complexity index is 581.